The predicted octanol–water partition coefficient (Wildman–Crippen LogP) is 1.51. The summed E-state index contributed by atoms with van der Waals surface area (Å²) in [5.41, 5.74) is 2.00. The Bertz CT molecular complexity index is 755. The lowest BCUT2D eigenvalue weighted by molar-refractivity contribution is 0.0907. The minimum atomic E-state index is -0.712. The molecule has 2 rings (SSSR count). The molecule has 0 aliphatic heterocycles. The fourth-order valence-corrected chi connectivity index (χ4v) is 2.26. The molecule has 0 bridgehead atoms. The summed E-state index contributed by atoms with van der Waals surface area (Å²) in [5, 5.41) is 21.3. The number of hydrazine groups is 1. The maximum absolute atomic E-state index is 10.3. The van der Waals surface area contributed by atoms with Crippen molar-refractivity contribution in [3.8, 4) is 17.4 Å². The Morgan fingerprint density at radius 2 is 1.86 bits per heavy atom. The van der Waals surface area contributed by atoms with Gasteiger partial charge in [-0.2, -0.15) is 0 Å². The normalized spacial score (nSPS) is 12.1. The molecule has 29 heavy (non-hydrogen) atoms. The second kappa shape index (κ2) is 11.2. The van der Waals surface area contributed by atoms with E-state index < -0.39 is 11.6 Å². The van der Waals surface area contributed by atoms with Crippen molar-refractivity contribution in [1.29, 1.82) is 0 Å². The molecule has 2 aromatic rings. The van der Waals surface area contributed by atoms with Crippen LogP contribution in [0.4, 0.5) is 5.82 Å². The summed E-state index contributed by atoms with van der Waals surface area (Å²) < 4.78 is 16.9. The van der Waals surface area contributed by atoms with Gasteiger partial charge in [-0.25, -0.2) is 5.84 Å². The van der Waals surface area contributed by atoms with E-state index in [2.05, 4.69) is 27.5 Å². The molecule has 0 spiro atoms. The average Bonchev–Trinajstić information content (AvgIpc) is 2.74. The van der Waals surface area contributed by atoms with Crippen LogP contribution in [0.5, 0.6) is 17.4 Å². The number of β-amino-alcohol motifs (C(OH)–C–C–N with tert-alkyl or cyclic N) is 1. The Morgan fingerprint density at radius 3 is 2.48 bits per heavy atom. The van der Waals surface area contributed by atoms with Crippen LogP contribution in [-0.2, 0) is 0 Å². The summed E-state index contributed by atoms with van der Waals surface area (Å²) in [6.45, 7) is 8.72. The van der Waals surface area contributed by atoms with E-state index in [0.717, 1.165) is 0 Å². The highest BCUT2D eigenvalue weighted by atomic mass is 16.5. The van der Waals surface area contributed by atoms with Gasteiger partial charge in [-0.15, -0.1) is 10.2 Å². The number of hydrogen-bond acceptors (Lipinski definition) is 9. The first-order valence-electron chi connectivity index (χ1n) is 9.25. The standard InChI is InChI=1S/C20H29N5O4/c1-4-11-27-16-7-5-6-8-17(16)28-13-15(26)12-22-20(2,3)14-29-19-10-9-18(23-21)24-25-19/h4-10,15,22,26H,1,11-14,21H2,2-3H3,(H,23,24). The zero-order chi connectivity index (χ0) is 21.1. The van der Waals surface area contributed by atoms with Gasteiger partial charge in [0.2, 0.25) is 5.88 Å². The number of aliphatic hydroxyl groups is 1. The SMILES string of the molecule is C=CCOc1ccccc1OCC(O)CNC(C)(C)COc1ccc(NN)nn1. The van der Waals surface area contributed by atoms with Gasteiger partial charge in [0.25, 0.3) is 0 Å². The van der Waals surface area contributed by atoms with E-state index in [9.17, 15) is 5.11 Å². The van der Waals surface area contributed by atoms with Crippen LogP contribution in [0, 0.1) is 0 Å². The molecule has 1 unspecified atom stereocenters. The highest BCUT2D eigenvalue weighted by molar-refractivity contribution is 5.39. The van der Waals surface area contributed by atoms with Gasteiger partial charge in [-0.1, -0.05) is 24.8 Å². The van der Waals surface area contributed by atoms with Gasteiger partial charge < -0.3 is 30.1 Å². The lowest BCUT2D eigenvalue weighted by atomic mass is 10.1. The van der Waals surface area contributed by atoms with Gasteiger partial charge in [-0.3, -0.25) is 0 Å². The number of rotatable bonds is 13. The summed E-state index contributed by atoms with van der Waals surface area (Å²) in [5.74, 6) is 7.28. The number of hydrogen-bond donors (Lipinski definition) is 4. The topological polar surface area (TPSA) is 124 Å². The molecule has 0 saturated heterocycles. The largest absolute Gasteiger partial charge is 0.487 e. The molecule has 0 aliphatic carbocycles. The lowest BCUT2D eigenvalue weighted by Crippen LogP contribution is -2.48. The Balaban J connectivity index is 1.75. The van der Waals surface area contributed by atoms with Crippen LogP contribution in [0.2, 0.25) is 0 Å². The van der Waals surface area contributed by atoms with Gasteiger partial charge in [0.1, 0.15) is 25.9 Å². The Labute approximate surface area is 170 Å². The lowest BCUT2D eigenvalue weighted by Gasteiger charge is -2.27. The summed E-state index contributed by atoms with van der Waals surface area (Å²) in [6.07, 6.45) is 0.950. The molecule has 9 heteroatoms. The van der Waals surface area contributed by atoms with E-state index >= 15 is 0 Å². The predicted molar refractivity (Wildman–Crippen MR) is 111 cm³/mol. The Morgan fingerprint density at radius 1 is 1.14 bits per heavy atom. The minimum absolute atomic E-state index is 0.122. The van der Waals surface area contributed by atoms with E-state index in [1.165, 1.54) is 0 Å². The monoisotopic (exact) mass is 403 g/mol. The molecule has 1 atom stereocenters. The third-order valence-electron chi connectivity index (χ3n) is 3.82. The molecule has 0 saturated carbocycles. The third-order valence-corrected chi connectivity index (χ3v) is 3.82. The molecule has 0 aliphatic rings. The fraction of sp³-hybridized carbons (Fsp3) is 0.400. The van der Waals surface area contributed by atoms with Crippen LogP contribution in [0.15, 0.2) is 49.1 Å². The van der Waals surface area contributed by atoms with Crippen LogP contribution < -0.4 is 30.8 Å². The first-order chi connectivity index (χ1) is 13.9. The first kappa shape index (κ1) is 22.4. The molecule has 9 nitrogen and oxygen atoms in total. The fourth-order valence-electron chi connectivity index (χ4n) is 2.26. The minimum Gasteiger partial charge on any atom is -0.487 e. The second-order valence-electron chi connectivity index (χ2n) is 6.97. The number of ether oxygens (including phenoxy) is 3. The van der Waals surface area contributed by atoms with Crippen molar-refractivity contribution in [3.05, 3.63) is 49.1 Å². The average molecular weight is 403 g/mol. The van der Waals surface area contributed by atoms with Crippen LogP contribution in [0.3, 0.4) is 0 Å². The number of aliphatic hydroxyl groups excluding tert-OH is 1. The highest BCUT2D eigenvalue weighted by Crippen LogP contribution is 2.26. The van der Waals surface area contributed by atoms with E-state index in [1.54, 1.807) is 24.3 Å². The van der Waals surface area contributed by atoms with Crippen molar-refractivity contribution < 1.29 is 19.3 Å². The quantitative estimate of drug-likeness (QED) is 0.224. The number of para-hydroxylation sites is 2. The van der Waals surface area contributed by atoms with E-state index in [4.69, 9.17) is 20.1 Å². The zero-order valence-corrected chi connectivity index (χ0v) is 16.8. The number of benzene rings is 1. The van der Waals surface area contributed by atoms with Crippen LogP contribution in [0.25, 0.3) is 0 Å². The van der Waals surface area contributed by atoms with Gasteiger partial charge in [0, 0.05) is 18.2 Å². The number of nitrogen functional groups attached to an aromatic ring is 1. The molecular formula is C20H29N5O4. The molecule has 1 aromatic heterocycles. The molecule has 0 radical (unpaired) electrons. The third kappa shape index (κ3) is 7.94. The number of nitrogens with zero attached hydrogens (tertiary/aromatic N) is 2. The van der Waals surface area contributed by atoms with Crippen molar-refractivity contribution in [1.82, 2.24) is 15.5 Å². The number of nitrogens with two attached hydrogens (primary N) is 1. The van der Waals surface area contributed by atoms with Gasteiger partial charge in [0.15, 0.2) is 17.3 Å². The maximum atomic E-state index is 10.3. The summed E-state index contributed by atoms with van der Waals surface area (Å²) >= 11 is 0. The van der Waals surface area contributed by atoms with Gasteiger partial charge >= 0.3 is 0 Å². The van der Waals surface area contributed by atoms with Crippen molar-refractivity contribution in [2.75, 3.05) is 31.8 Å². The first-order valence-corrected chi connectivity index (χ1v) is 9.25. The van der Waals surface area contributed by atoms with Crippen molar-refractivity contribution in [3.63, 3.8) is 0 Å². The van der Waals surface area contributed by atoms with Crippen molar-refractivity contribution >= 4 is 5.82 Å². The van der Waals surface area contributed by atoms with Crippen LogP contribution in [-0.4, -0.2) is 53.3 Å². The summed E-state index contributed by atoms with van der Waals surface area (Å²) in [4.78, 5) is 0. The molecule has 0 amide bonds. The summed E-state index contributed by atoms with van der Waals surface area (Å²) in [6, 6.07) is 10.6. The van der Waals surface area contributed by atoms with Gasteiger partial charge in [-0.05, 0) is 32.0 Å². The Hall–Kier alpha value is -2.88. The van der Waals surface area contributed by atoms with Gasteiger partial charge in [0.05, 0.1) is 0 Å². The van der Waals surface area contributed by atoms with Crippen LogP contribution in [0.1, 0.15) is 13.8 Å². The summed E-state index contributed by atoms with van der Waals surface area (Å²) in [7, 11) is 0. The van der Waals surface area contributed by atoms with Crippen molar-refractivity contribution in [2.24, 2.45) is 5.84 Å². The number of aromatic nitrogens is 2. The molecule has 158 valence electrons. The van der Waals surface area contributed by atoms with Crippen molar-refractivity contribution in [2.45, 2.75) is 25.5 Å². The van der Waals surface area contributed by atoms with Crippen LogP contribution >= 0.6 is 0 Å². The maximum Gasteiger partial charge on any atom is 0.233 e. The number of anilines is 1. The highest BCUT2D eigenvalue weighted by Gasteiger charge is 2.20. The Kier molecular flexibility index (Phi) is 8.66. The zero-order valence-electron chi connectivity index (χ0n) is 16.8. The molecule has 1 aromatic carbocycles. The van der Waals surface area contributed by atoms with E-state index in [1.807, 2.05) is 32.0 Å². The molecule has 5 N–H and O–H groups in total. The van der Waals surface area contributed by atoms with E-state index in [0.29, 0.717) is 43.0 Å². The molecular weight excluding hydrogens is 374 g/mol. The smallest absolute Gasteiger partial charge is 0.233 e. The second-order valence-corrected chi connectivity index (χ2v) is 6.97. The molecule has 1 heterocycles. The van der Waals surface area contributed by atoms with E-state index in [-0.39, 0.29) is 6.61 Å². The number of nitrogens with one attached hydrogen (secondary N) is 2. The molecule has 0 fully saturated rings.